The Bertz CT molecular complexity index is 521. The lowest BCUT2D eigenvalue weighted by molar-refractivity contribution is 0.413. The smallest absolute Gasteiger partial charge is 0.118 e. The summed E-state index contributed by atoms with van der Waals surface area (Å²) in [6, 6.07) is 19.7. The second-order valence-electron chi connectivity index (χ2n) is 5.41. The first-order valence-corrected chi connectivity index (χ1v) is 7.69. The Kier molecular flexibility index (Phi) is 5.82. The van der Waals surface area contributed by atoms with Crippen molar-refractivity contribution >= 4 is 0 Å². The van der Waals surface area contributed by atoms with Crippen LogP contribution in [0.25, 0.3) is 0 Å². The van der Waals surface area contributed by atoms with Crippen molar-refractivity contribution < 1.29 is 4.74 Å². The second-order valence-corrected chi connectivity index (χ2v) is 5.41. The highest BCUT2D eigenvalue weighted by atomic mass is 16.5. The van der Waals surface area contributed by atoms with Gasteiger partial charge in [-0.05, 0) is 36.6 Å². The van der Waals surface area contributed by atoms with Gasteiger partial charge in [0.15, 0.2) is 0 Å². The molecule has 2 atom stereocenters. The maximum atomic E-state index is 5.22. The minimum Gasteiger partial charge on any atom is -0.497 e. The van der Waals surface area contributed by atoms with Gasteiger partial charge in [-0.25, -0.2) is 0 Å². The summed E-state index contributed by atoms with van der Waals surface area (Å²) in [5.74, 6) is 0.902. The zero-order valence-electron chi connectivity index (χ0n) is 13.2. The third-order valence-electron chi connectivity index (χ3n) is 3.85. The predicted octanol–water partition coefficient (Wildman–Crippen LogP) is 4.89. The first-order valence-electron chi connectivity index (χ1n) is 7.69. The average Bonchev–Trinajstić information content (AvgIpc) is 2.55. The summed E-state index contributed by atoms with van der Waals surface area (Å²) in [5.41, 5.74) is 2.65. The van der Waals surface area contributed by atoms with E-state index in [9.17, 15) is 0 Å². The maximum absolute atomic E-state index is 5.22. The molecular formula is C19H25NO. The topological polar surface area (TPSA) is 21.3 Å². The molecule has 2 unspecified atom stereocenters. The van der Waals surface area contributed by atoms with Gasteiger partial charge in [-0.15, -0.1) is 0 Å². The molecule has 0 bridgehead atoms. The van der Waals surface area contributed by atoms with Crippen LogP contribution in [0.5, 0.6) is 5.75 Å². The summed E-state index contributed by atoms with van der Waals surface area (Å²) >= 11 is 0. The Morgan fingerprint density at radius 1 is 0.952 bits per heavy atom. The van der Waals surface area contributed by atoms with E-state index in [4.69, 9.17) is 4.74 Å². The lowest BCUT2D eigenvalue weighted by Gasteiger charge is -2.24. The number of nitrogens with one attached hydrogen (secondary N) is 1. The first-order chi connectivity index (χ1) is 10.2. The first kappa shape index (κ1) is 15.6. The molecular weight excluding hydrogens is 258 g/mol. The Morgan fingerprint density at radius 2 is 1.62 bits per heavy atom. The van der Waals surface area contributed by atoms with Crippen LogP contribution in [0.15, 0.2) is 54.6 Å². The molecule has 0 aromatic heterocycles. The largest absolute Gasteiger partial charge is 0.497 e. The van der Waals surface area contributed by atoms with Crippen LogP contribution in [0.3, 0.4) is 0 Å². The van der Waals surface area contributed by atoms with Crippen molar-refractivity contribution in [2.75, 3.05) is 7.11 Å². The summed E-state index contributed by atoms with van der Waals surface area (Å²) in [6.07, 6.45) is 2.31. The van der Waals surface area contributed by atoms with E-state index in [0.29, 0.717) is 12.1 Å². The van der Waals surface area contributed by atoms with Crippen LogP contribution >= 0.6 is 0 Å². The molecule has 112 valence electrons. The zero-order chi connectivity index (χ0) is 15.1. The SMILES string of the molecule is CCCC(NC(C)c1ccc(OC)cc1)c1ccccc1. The van der Waals surface area contributed by atoms with Gasteiger partial charge in [0.25, 0.3) is 0 Å². The summed E-state index contributed by atoms with van der Waals surface area (Å²) in [6.45, 7) is 4.45. The summed E-state index contributed by atoms with van der Waals surface area (Å²) in [7, 11) is 1.70. The van der Waals surface area contributed by atoms with Crippen LogP contribution in [-0.2, 0) is 0 Å². The molecule has 1 N–H and O–H groups in total. The highest BCUT2D eigenvalue weighted by Crippen LogP contribution is 2.24. The molecule has 0 aliphatic carbocycles. The van der Waals surface area contributed by atoms with Gasteiger partial charge in [0, 0.05) is 12.1 Å². The third-order valence-corrected chi connectivity index (χ3v) is 3.85. The van der Waals surface area contributed by atoms with Crippen LogP contribution in [0, 0.1) is 0 Å². The normalized spacial score (nSPS) is 13.7. The molecule has 2 aromatic carbocycles. The molecule has 2 rings (SSSR count). The van der Waals surface area contributed by atoms with Gasteiger partial charge in [0.05, 0.1) is 7.11 Å². The fraction of sp³-hybridized carbons (Fsp3) is 0.368. The van der Waals surface area contributed by atoms with Crippen molar-refractivity contribution in [3.63, 3.8) is 0 Å². The van der Waals surface area contributed by atoms with E-state index >= 15 is 0 Å². The molecule has 0 spiro atoms. The van der Waals surface area contributed by atoms with Gasteiger partial charge in [0.1, 0.15) is 5.75 Å². The minimum atomic E-state index is 0.313. The van der Waals surface area contributed by atoms with Crippen LogP contribution in [-0.4, -0.2) is 7.11 Å². The standard InChI is InChI=1S/C19H25NO/c1-4-8-19(17-9-6-5-7-10-17)20-15(2)16-11-13-18(21-3)14-12-16/h5-7,9-15,19-20H,4,8H2,1-3H3. The molecule has 0 fully saturated rings. The number of rotatable bonds is 7. The van der Waals surface area contributed by atoms with Crippen molar-refractivity contribution in [1.82, 2.24) is 5.32 Å². The average molecular weight is 283 g/mol. The van der Waals surface area contributed by atoms with Gasteiger partial charge in [-0.3, -0.25) is 0 Å². The zero-order valence-corrected chi connectivity index (χ0v) is 13.2. The molecule has 0 heterocycles. The lowest BCUT2D eigenvalue weighted by Crippen LogP contribution is -2.24. The monoisotopic (exact) mass is 283 g/mol. The Morgan fingerprint density at radius 3 is 2.19 bits per heavy atom. The van der Waals surface area contributed by atoms with Crippen LogP contribution in [0.1, 0.15) is 49.9 Å². The minimum absolute atomic E-state index is 0.313. The predicted molar refractivity (Wildman–Crippen MR) is 88.6 cm³/mol. The van der Waals surface area contributed by atoms with Gasteiger partial charge in [-0.1, -0.05) is 55.8 Å². The van der Waals surface area contributed by atoms with Crippen LogP contribution < -0.4 is 10.1 Å². The number of benzene rings is 2. The van der Waals surface area contributed by atoms with Crippen molar-refractivity contribution in [2.24, 2.45) is 0 Å². The third kappa shape index (κ3) is 4.33. The molecule has 2 heteroatoms. The van der Waals surface area contributed by atoms with Gasteiger partial charge < -0.3 is 10.1 Å². The highest BCUT2D eigenvalue weighted by Gasteiger charge is 2.14. The molecule has 21 heavy (non-hydrogen) atoms. The summed E-state index contributed by atoms with van der Waals surface area (Å²) in [4.78, 5) is 0. The fourth-order valence-electron chi connectivity index (χ4n) is 2.61. The van der Waals surface area contributed by atoms with E-state index in [1.807, 2.05) is 12.1 Å². The number of hydrogen-bond donors (Lipinski definition) is 1. The maximum Gasteiger partial charge on any atom is 0.118 e. The van der Waals surface area contributed by atoms with E-state index in [1.54, 1.807) is 7.11 Å². The Labute approximate surface area is 128 Å². The van der Waals surface area contributed by atoms with E-state index < -0.39 is 0 Å². The van der Waals surface area contributed by atoms with E-state index in [0.717, 1.165) is 12.2 Å². The highest BCUT2D eigenvalue weighted by molar-refractivity contribution is 5.29. The van der Waals surface area contributed by atoms with Gasteiger partial charge >= 0.3 is 0 Å². The molecule has 0 aliphatic rings. The number of methoxy groups -OCH3 is 1. The van der Waals surface area contributed by atoms with E-state index in [2.05, 4.69) is 61.6 Å². The Balaban J connectivity index is 2.08. The number of ether oxygens (including phenoxy) is 1. The molecule has 0 aliphatic heterocycles. The number of hydrogen-bond acceptors (Lipinski definition) is 2. The fourth-order valence-corrected chi connectivity index (χ4v) is 2.61. The van der Waals surface area contributed by atoms with Crippen molar-refractivity contribution in [2.45, 2.75) is 38.8 Å². The molecule has 0 amide bonds. The van der Waals surface area contributed by atoms with E-state index in [1.165, 1.54) is 17.5 Å². The summed E-state index contributed by atoms with van der Waals surface area (Å²) in [5, 5.41) is 3.75. The molecule has 0 saturated heterocycles. The van der Waals surface area contributed by atoms with Gasteiger partial charge in [-0.2, -0.15) is 0 Å². The Hall–Kier alpha value is -1.80. The quantitative estimate of drug-likeness (QED) is 0.781. The van der Waals surface area contributed by atoms with Crippen molar-refractivity contribution in [1.29, 1.82) is 0 Å². The molecule has 0 saturated carbocycles. The van der Waals surface area contributed by atoms with Crippen LogP contribution in [0.2, 0.25) is 0 Å². The molecule has 2 aromatic rings. The summed E-state index contributed by atoms with van der Waals surface area (Å²) < 4.78 is 5.22. The second kappa shape index (κ2) is 7.84. The van der Waals surface area contributed by atoms with Crippen molar-refractivity contribution in [3.8, 4) is 5.75 Å². The van der Waals surface area contributed by atoms with Crippen molar-refractivity contribution in [3.05, 3.63) is 65.7 Å². The molecule has 2 nitrogen and oxygen atoms in total. The molecule has 0 radical (unpaired) electrons. The van der Waals surface area contributed by atoms with E-state index in [-0.39, 0.29) is 0 Å². The lowest BCUT2D eigenvalue weighted by atomic mass is 9.99. The van der Waals surface area contributed by atoms with Crippen LogP contribution in [0.4, 0.5) is 0 Å². The van der Waals surface area contributed by atoms with Gasteiger partial charge in [0.2, 0.25) is 0 Å².